The van der Waals surface area contributed by atoms with E-state index in [1.807, 2.05) is 0 Å². The molecule has 0 spiro atoms. The van der Waals surface area contributed by atoms with Crippen molar-refractivity contribution in [2.45, 2.75) is 24.1 Å². The molecule has 3 rings (SSSR count). The third kappa shape index (κ3) is 7.03. The molecule has 32 heavy (non-hydrogen) atoms. The summed E-state index contributed by atoms with van der Waals surface area (Å²) in [4.78, 5) is 23.7. The van der Waals surface area contributed by atoms with Crippen LogP contribution in [0.3, 0.4) is 0 Å². The Balaban J connectivity index is 1.45. The van der Waals surface area contributed by atoms with Crippen LogP contribution in [0.25, 0.3) is 0 Å². The van der Waals surface area contributed by atoms with Gasteiger partial charge in [-0.2, -0.15) is 23.1 Å². The molecule has 0 unspecified atom stereocenters. The third-order valence-corrected chi connectivity index (χ3v) is 7.81. The number of nitrogens with one attached hydrogen (secondary N) is 2. The topological polar surface area (TPSA) is 92.3 Å². The first kappa shape index (κ1) is 24.2. The molecule has 9 heteroatoms. The van der Waals surface area contributed by atoms with Crippen LogP contribution in [0.1, 0.15) is 38.8 Å². The lowest BCUT2D eigenvalue weighted by Crippen LogP contribution is -2.26. The Labute approximate surface area is 196 Å². The quantitative estimate of drug-likeness (QED) is 0.313. The summed E-state index contributed by atoms with van der Waals surface area (Å²) in [7, 11) is -3.70. The SMILES string of the molecule is CC(=O)c1ccc(S(=O)(=O)NCc2ccc(C(=O)NCCSCc3ccsc3)cc2)cc1. The third-order valence-electron chi connectivity index (χ3n) is 4.63. The highest BCUT2D eigenvalue weighted by atomic mass is 32.2. The lowest BCUT2D eigenvalue weighted by molar-refractivity contribution is 0.0955. The van der Waals surface area contributed by atoms with Crippen LogP contribution in [0, 0.1) is 0 Å². The molecular formula is C23H24N2O4S3. The molecule has 3 aromatic rings. The van der Waals surface area contributed by atoms with Crippen molar-refractivity contribution in [3.8, 4) is 0 Å². The Morgan fingerprint density at radius 3 is 2.25 bits per heavy atom. The molecular weight excluding hydrogens is 464 g/mol. The maximum atomic E-state index is 12.4. The molecule has 0 aliphatic rings. The lowest BCUT2D eigenvalue weighted by atomic mass is 10.1. The molecule has 0 saturated carbocycles. The van der Waals surface area contributed by atoms with Gasteiger partial charge >= 0.3 is 0 Å². The van der Waals surface area contributed by atoms with Gasteiger partial charge in [0.1, 0.15) is 0 Å². The van der Waals surface area contributed by atoms with E-state index in [2.05, 4.69) is 26.9 Å². The van der Waals surface area contributed by atoms with Crippen LogP contribution in [0.5, 0.6) is 0 Å². The fraction of sp³-hybridized carbons (Fsp3) is 0.217. The average molecular weight is 489 g/mol. The first-order chi connectivity index (χ1) is 15.3. The summed E-state index contributed by atoms with van der Waals surface area (Å²) >= 11 is 3.45. The van der Waals surface area contributed by atoms with Crippen LogP contribution in [0.2, 0.25) is 0 Å². The number of hydrogen-bond donors (Lipinski definition) is 2. The first-order valence-corrected chi connectivity index (χ1v) is 13.5. The minimum Gasteiger partial charge on any atom is -0.351 e. The summed E-state index contributed by atoms with van der Waals surface area (Å²) in [6.45, 7) is 2.10. The van der Waals surface area contributed by atoms with Crippen molar-refractivity contribution in [3.05, 3.63) is 87.6 Å². The van der Waals surface area contributed by atoms with Crippen LogP contribution >= 0.6 is 23.1 Å². The molecule has 1 heterocycles. The van der Waals surface area contributed by atoms with Gasteiger partial charge in [0.25, 0.3) is 5.91 Å². The van der Waals surface area contributed by atoms with Crippen molar-refractivity contribution < 1.29 is 18.0 Å². The standard InChI is InChI=1S/C23H24N2O4S3/c1-17(26)20-6-8-22(9-7-20)32(28,29)25-14-18-2-4-21(5-3-18)23(27)24-11-13-31-16-19-10-12-30-15-19/h2-10,12,15,25H,11,13-14,16H2,1H3,(H,24,27). The summed E-state index contributed by atoms with van der Waals surface area (Å²) < 4.78 is 27.4. The van der Waals surface area contributed by atoms with Gasteiger partial charge in [-0.15, -0.1) is 0 Å². The molecule has 2 N–H and O–H groups in total. The Morgan fingerprint density at radius 1 is 0.938 bits per heavy atom. The largest absolute Gasteiger partial charge is 0.351 e. The van der Waals surface area contributed by atoms with Crippen molar-refractivity contribution in [1.82, 2.24) is 10.0 Å². The monoisotopic (exact) mass is 488 g/mol. The number of carbonyl (C=O) groups is 2. The van der Waals surface area contributed by atoms with E-state index in [0.29, 0.717) is 17.7 Å². The number of carbonyl (C=O) groups excluding carboxylic acids is 2. The molecule has 2 aromatic carbocycles. The molecule has 6 nitrogen and oxygen atoms in total. The van der Waals surface area contributed by atoms with Gasteiger partial charge in [-0.3, -0.25) is 9.59 Å². The molecule has 1 amide bonds. The van der Waals surface area contributed by atoms with Crippen molar-refractivity contribution in [1.29, 1.82) is 0 Å². The van der Waals surface area contributed by atoms with Crippen molar-refractivity contribution >= 4 is 44.8 Å². The Kier molecular flexibility index (Phi) is 8.63. The first-order valence-electron chi connectivity index (χ1n) is 9.92. The summed E-state index contributed by atoms with van der Waals surface area (Å²) in [6, 6.07) is 14.7. The second-order valence-corrected chi connectivity index (χ2v) is 10.7. The smallest absolute Gasteiger partial charge is 0.251 e. The highest BCUT2D eigenvalue weighted by Crippen LogP contribution is 2.15. The van der Waals surface area contributed by atoms with Gasteiger partial charge in [0.15, 0.2) is 5.78 Å². The van der Waals surface area contributed by atoms with E-state index >= 15 is 0 Å². The van der Waals surface area contributed by atoms with Crippen LogP contribution in [-0.2, 0) is 22.3 Å². The zero-order chi connectivity index (χ0) is 23.0. The second-order valence-electron chi connectivity index (χ2n) is 7.04. The number of ketones is 1. The number of thioether (sulfide) groups is 1. The molecule has 0 aliphatic carbocycles. The van der Waals surface area contributed by atoms with Gasteiger partial charge in [0, 0.05) is 35.7 Å². The molecule has 1 aromatic heterocycles. The van der Waals surface area contributed by atoms with Crippen LogP contribution < -0.4 is 10.0 Å². The number of thiophene rings is 1. The molecule has 0 fully saturated rings. The maximum Gasteiger partial charge on any atom is 0.251 e. The summed E-state index contributed by atoms with van der Waals surface area (Å²) in [5.41, 5.74) is 3.01. The Morgan fingerprint density at radius 2 is 1.62 bits per heavy atom. The van der Waals surface area contributed by atoms with Gasteiger partial charge < -0.3 is 5.32 Å². The van der Waals surface area contributed by atoms with Crippen molar-refractivity contribution in [2.75, 3.05) is 12.3 Å². The van der Waals surface area contributed by atoms with Crippen LogP contribution in [0.15, 0.2) is 70.3 Å². The average Bonchev–Trinajstić information content (AvgIpc) is 3.31. The van der Waals surface area contributed by atoms with Gasteiger partial charge in [-0.25, -0.2) is 13.1 Å². The molecule has 0 saturated heterocycles. The Bertz CT molecular complexity index is 1140. The predicted molar refractivity (Wildman–Crippen MR) is 130 cm³/mol. The Hall–Kier alpha value is -2.46. The zero-order valence-electron chi connectivity index (χ0n) is 17.5. The van der Waals surface area contributed by atoms with E-state index in [0.717, 1.165) is 17.1 Å². The number of rotatable bonds is 11. The van der Waals surface area contributed by atoms with Crippen molar-refractivity contribution in [3.63, 3.8) is 0 Å². The number of amides is 1. The normalized spacial score (nSPS) is 11.3. The predicted octanol–water partition coefficient (Wildman–Crippen LogP) is 4.09. The fourth-order valence-electron chi connectivity index (χ4n) is 2.81. The number of Topliss-reactive ketones (excluding diaryl/α,β-unsaturated/α-hetero) is 1. The summed E-state index contributed by atoms with van der Waals surface area (Å²) in [6.07, 6.45) is 0. The van der Waals surface area contributed by atoms with E-state index < -0.39 is 10.0 Å². The van der Waals surface area contributed by atoms with Gasteiger partial charge in [0.05, 0.1) is 4.90 Å². The number of benzene rings is 2. The van der Waals surface area contributed by atoms with Crippen LogP contribution in [0.4, 0.5) is 0 Å². The molecule has 168 valence electrons. The highest BCUT2D eigenvalue weighted by Gasteiger charge is 2.14. The summed E-state index contributed by atoms with van der Waals surface area (Å²) in [5, 5.41) is 7.07. The fourth-order valence-corrected chi connectivity index (χ4v) is 5.41. The van der Waals surface area contributed by atoms with Gasteiger partial charge in [-0.1, -0.05) is 24.3 Å². The highest BCUT2D eigenvalue weighted by molar-refractivity contribution is 7.98. The van der Waals surface area contributed by atoms with E-state index in [9.17, 15) is 18.0 Å². The van der Waals surface area contributed by atoms with Crippen molar-refractivity contribution in [2.24, 2.45) is 0 Å². The summed E-state index contributed by atoms with van der Waals surface area (Å²) in [5.74, 6) is 1.49. The molecule has 0 atom stereocenters. The lowest BCUT2D eigenvalue weighted by Gasteiger charge is -2.09. The number of sulfonamides is 1. The maximum absolute atomic E-state index is 12.4. The van der Waals surface area contributed by atoms with E-state index in [1.165, 1.54) is 36.8 Å². The van der Waals surface area contributed by atoms with Gasteiger partial charge in [-0.05, 0) is 59.1 Å². The molecule has 0 aliphatic heterocycles. The minimum absolute atomic E-state index is 0.0929. The van der Waals surface area contributed by atoms with E-state index in [1.54, 1.807) is 47.4 Å². The molecule has 0 radical (unpaired) electrons. The second kappa shape index (κ2) is 11.4. The number of hydrogen-bond acceptors (Lipinski definition) is 6. The van der Waals surface area contributed by atoms with Gasteiger partial charge in [0.2, 0.25) is 10.0 Å². The zero-order valence-corrected chi connectivity index (χ0v) is 20.0. The van der Waals surface area contributed by atoms with E-state index in [-0.39, 0.29) is 23.1 Å². The van der Waals surface area contributed by atoms with E-state index in [4.69, 9.17) is 0 Å². The van der Waals surface area contributed by atoms with Crippen LogP contribution in [-0.4, -0.2) is 32.4 Å². The minimum atomic E-state index is -3.70. The molecule has 0 bridgehead atoms.